The van der Waals surface area contributed by atoms with Crippen LogP contribution in [0.3, 0.4) is 0 Å². The Balaban J connectivity index is 1.66. The van der Waals surface area contributed by atoms with Gasteiger partial charge in [0.05, 0.1) is 18.8 Å². The topological polar surface area (TPSA) is 49.5 Å². The molecule has 5 heteroatoms. The third-order valence-corrected chi connectivity index (χ3v) is 3.73. The third-order valence-electron chi connectivity index (χ3n) is 3.73. The summed E-state index contributed by atoms with van der Waals surface area (Å²) in [5.41, 5.74) is 0.727. The van der Waals surface area contributed by atoms with Crippen LogP contribution < -0.4 is 0 Å². The van der Waals surface area contributed by atoms with Crippen molar-refractivity contribution in [3.63, 3.8) is 0 Å². The van der Waals surface area contributed by atoms with Crippen LogP contribution in [0.5, 0.6) is 0 Å². The second-order valence-electron chi connectivity index (χ2n) is 5.59. The van der Waals surface area contributed by atoms with Crippen LogP contribution in [0.4, 0.5) is 4.39 Å². The van der Waals surface area contributed by atoms with Crippen LogP contribution in [-0.4, -0.2) is 27.6 Å². The fourth-order valence-electron chi connectivity index (χ4n) is 2.44. The molecule has 2 aromatic rings. The summed E-state index contributed by atoms with van der Waals surface area (Å²) in [6, 6.07) is 6.47. The predicted molar refractivity (Wildman–Crippen MR) is 76.0 cm³/mol. The number of hydrogen-bond acceptors (Lipinski definition) is 4. The lowest BCUT2D eigenvalue weighted by Gasteiger charge is -2.23. The summed E-state index contributed by atoms with van der Waals surface area (Å²) in [5.74, 6) is 1.17. The van der Waals surface area contributed by atoms with Crippen LogP contribution in [0, 0.1) is 12.7 Å². The van der Waals surface area contributed by atoms with Gasteiger partial charge in [-0.3, -0.25) is 4.90 Å². The molecule has 1 fully saturated rings. The van der Waals surface area contributed by atoms with Crippen molar-refractivity contribution in [3.8, 4) is 0 Å². The molecule has 1 unspecified atom stereocenters. The molecular weight excluding hydrogens is 271 g/mol. The second kappa shape index (κ2) is 5.95. The molecular formula is C16H19FN2O2. The van der Waals surface area contributed by atoms with Gasteiger partial charge in [0, 0.05) is 12.6 Å². The highest BCUT2D eigenvalue weighted by Gasteiger charge is 2.31. The first-order valence-corrected chi connectivity index (χ1v) is 7.20. The van der Waals surface area contributed by atoms with Gasteiger partial charge in [-0.1, -0.05) is 12.1 Å². The fraction of sp³-hybridized carbons (Fsp3) is 0.438. The molecule has 1 atom stereocenters. The van der Waals surface area contributed by atoms with E-state index in [1.165, 1.54) is 12.1 Å². The molecule has 21 heavy (non-hydrogen) atoms. The van der Waals surface area contributed by atoms with E-state index in [1.807, 2.05) is 6.92 Å². The van der Waals surface area contributed by atoms with Crippen molar-refractivity contribution < 1.29 is 13.9 Å². The molecule has 112 valence electrons. The van der Waals surface area contributed by atoms with Gasteiger partial charge in [0.15, 0.2) is 0 Å². The molecule has 4 nitrogen and oxygen atoms in total. The summed E-state index contributed by atoms with van der Waals surface area (Å²) >= 11 is 0. The summed E-state index contributed by atoms with van der Waals surface area (Å²) in [6.07, 6.45) is 3.34. The maximum atomic E-state index is 12.9. The van der Waals surface area contributed by atoms with E-state index in [9.17, 15) is 9.50 Å². The van der Waals surface area contributed by atoms with Gasteiger partial charge >= 0.3 is 0 Å². The molecule has 0 amide bonds. The molecule has 3 rings (SSSR count). The molecule has 1 aromatic carbocycles. The molecule has 1 aliphatic rings. The minimum atomic E-state index is -0.637. The highest BCUT2D eigenvalue weighted by atomic mass is 19.1. The first-order valence-electron chi connectivity index (χ1n) is 7.20. The van der Waals surface area contributed by atoms with Crippen LogP contribution in [-0.2, 0) is 6.54 Å². The Morgan fingerprint density at radius 1 is 1.38 bits per heavy atom. The first kappa shape index (κ1) is 14.2. The summed E-state index contributed by atoms with van der Waals surface area (Å²) < 4.78 is 18.4. The number of hydrogen-bond donors (Lipinski definition) is 1. The van der Waals surface area contributed by atoms with Gasteiger partial charge < -0.3 is 9.52 Å². The molecule has 0 spiro atoms. The molecule has 1 aromatic heterocycles. The van der Waals surface area contributed by atoms with Gasteiger partial charge in [0.2, 0.25) is 5.89 Å². The van der Waals surface area contributed by atoms with Gasteiger partial charge in [-0.15, -0.1) is 0 Å². The summed E-state index contributed by atoms with van der Waals surface area (Å²) in [4.78, 5) is 6.40. The zero-order chi connectivity index (χ0) is 14.8. The average Bonchev–Trinajstić information content (AvgIpc) is 3.23. The Morgan fingerprint density at radius 2 is 2.10 bits per heavy atom. The number of rotatable bonds is 6. The summed E-state index contributed by atoms with van der Waals surface area (Å²) in [5, 5.41) is 10.3. The Morgan fingerprint density at radius 3 is 2.67 bits per heavy atom. The number of oxazole rings is 1. The van der Waals surface area contributed by atoms with Crippen molar-refractivity contribution in [3.05, 3.63) is 53.5 Å². The van der Waals surface area contributed by atoms with Crippen LogP contribution >= 0.6 is 0 Å². The van der Waals surface area contributed by atoms with E-state index in [0.717, 1.165) is 24.2 Å². The maximum Gasteiger partial charge on any atom is 0.208 e. The zero-order valence-corrected chi connectivity index (χ0v) is 12.0. The Bertz CT molecular complexity index is 593. The van der Waals surface area contributed by atoms with Crippen molar-refractivity contribution >= 4 is 0 Å². The molecule has 1 N–H and O–H groups in total. The lowest BCUT2D eigenvalue weighted by atomic mass is 10.1. The third kappa shape index (κ3) is 3.68. The van der Waals surface area contributed by atoms with Crippen molar-refractivity contribution in [2.24, 2.45) is 0 Å². The largest absolute Gasteiger partial charge is 0.445 e. The second-order valence-corrected chi connectivity index (χ2v) is 5.59. The number of aliphatic hydroxyl groups is 1. The van der Waals surface area contributed by atoms with E-state index in [2.05, 4.69) is 9.88 Å². The lowest BCUT2D eigenvalue weighted by Crippen LogP contribution is -2.30. The van der Waals surface area contributed by atoms with Crippen molar-refractivity contribution in [2.75, 3.05) is 6.54 Å². The minimum Gasteiger partial charge on any atom is -0.445 e. The number of benzene rings is 1. The smallest absolute Gasteiger partial charge is 0.208 e. The molecule has 1 heterocycles. The van der Waals surface area contributed by atoms with E-state index in [4.69, 9.17) is 4.42 Å². The van der Waals surface area contributed by atoms with E-state index >= 15 is 0 Å². The fourth-order valence-corrected chi connectivity index (χ4v) is 2.44. The van der Waals surface area contributed by atoms with E-state index in [1.54, 1.807) is 18.3 Å². The van der Waals surface area contributed by atoms with Gasteiger partial charge in [-0.2, -0.15) is 0 Å². The normalized spacial score (nSPS) is 16.4. The quantitative estimate of drug-likeness (QED) is 0.888. The average molecular weight is 290 g/mol. The number of halogens is 1. The monoisotopic (exact) mass is 290 g/mol. The Hall–Kier alpha value is -1.72. The number of aryl methyl sites for hydroxylation is 1. The highest BCUT2D eigenvalue weighted by Crippen LogP contribution is 2.30. The highest BCUT2D eigenvalue weighted by molar-refractivity contribution is 5.19. The molecule has 1 aliphatic carbocycles. The van der Waals surface area contributed by atoms with Crippen molar-refractivity contribution in [2.45, 2.75) is 38.5 Å². The van der Waals surface area contributed by atoms with Crippen LogP contribution in [0.2, 0.25) is 0 Å². The number of nitrogens with zero attached hydrogens (tertiary/aromatic N) is 2. The van der Waals surface area contributed by atoms with Crippen LogP contribution in [0.25, 0.3) is 0 Å². The lowest BCUT2D eigenvalue weighted by molar-refractivity contribution is 0.0986. The maximum absolute atomic E-state index is 12.9. The standard InChI is InChI=1S/C16H19FN2O2/c1-11-8-18-16(21-11)10-19(14-6-7-14)9-15(20)12-2-4-13(17)5-3-12/h2-5,8,14-15,20H,6-7,9-10H2,1H3. The first-order chi connectivity index (χ1) is 10.1. The minimum absolute atomic E-state index is 0.291. The molecule has 0 bridgehead atoms. The number of aromatic nitrogens is 1. The van der Waals surface area contributed by atoms with E-state index in [0.29, 0.717) is 25.0 Å². The molecule has 0 saturated heterocycles. The van der Waals surface area contributed by atoms with Gasteiger partial charge in [0.1, 0.15) is 11.6 Å². The van der Waals surface area contributed by atoms with Crippen LogP contribution in [0.1, 0.15) is 36.2 Å². The molecule has 0 aliphatic heterocycles. The van der Waals surface area contributed by atoms with Gasteiger partial charge in [-0.05, 0) is 37.5 Å². The van der Waals surface area contributed by atoms with Crippen LogP contribution in [0.15, 0.2) is 34.9 Å². The Labute approximate surface area is 123 Å². The van der Waals surface area contributed by atoms with Crippen molar-refractivity contribution in [1.29, 1.82) is 0 Å². The van der Waals surface area contributed by atoms with Crippen molar-refractivity contribution in [1.82, 2.24) is 9.88 Å². The molecule has 1 saturated carbocycles. The summed E-state index contributed by atoms with van der Waals surface area (Å²) in [6.45, 7) is 2.96. The van der Waals surface area contributed by atoms with Gasteiger partial charge in [-0.25, -0.2) is 9.37 Å². The zero-order valence-electron chi connectivity index (χ0n) is 12.0. The summed E-state index contributed by atoms with van der Waals surface area (Å²) in [7, 11) is 0. The SMILES string of the molecule is Cc1cnc(CN(CC(O)c2ccc(F)cc2)C2CC2)o1. The predicted octanol–water partition coefficient (Wildman–Crippen LogP) is 2.82. The number of aliphatic hydroxyl groups excluding tert-OH is 1. The van der Waals surface area contributed by atoms with E-state index < -0.39 is 6.10 Å². The van der Waals surface area contributed by atoms with Gasteiger partial charge in [0.25, 0.3) is 0 Å². The van der Waals surface area contributed by atoms with E-state index in [-0.39, 0.29) is 5.82 Å². The molecule has 0 radical (unpaired) electrons. The Kier molecular flexibility index (Phi) is 4.03.